The van der Waals surface area contributed by atoms with Gasteiger partial charge in [-0.1, -0.05) is 130 Å². The van der Waals surface area contributed by atoms with Crippen LogP contribution in [-0.4, -0.2) is 129 Å². The molecule has 4 aromatic rings. The summed E-state index contributed by atoms with van der Waals surface area (Å²) in [6.45, 7) is 35.1. The monoisotopic (exact) mass is 1940 g/mol. The fourth-order valence-corrected chi connectivity index (χ4v) is 30.8. The zero-order valence-electron chi connectivity index (χ0n) is 84.7. The van der Waals surface area contributed by atoms with E-state index in [-0.39, 0.29) is 109 Å². The van der Waals surface area contributed by atoms with Gasteiger partial charge in [0.05, 0.1) is 67.7 Å². The highest BCUT2D eigenvalue weighted by molar-refractivity contribution is 5.94. The fourth-order valence-electron chi connectivity index (χ4n) is 30.8. The minimum Gasteiger partial charge on any atom is -0.463 e. The summed E-state index contributed by atoms with van der Waals surface area (Å²) in [6, 6.07) is 24.9. The van der Waals surface area contributed by atoms with E-state index >= 15 is 0 Å². The second-order valence-electron chi connectivity index (χ2n) is 50.8. The molecule has 4 aromatic carbocycles. The molecule has 2 saturated heterocycles. The normalized spacial score (nSPS) is 34.7. The van der Waals surface area contributed by atoms with Crippen LogP contribution in [0, 0.1) is 114 Å². The zero-order chi connectivity index (χ0) is 97.6. The predicted octanol–water partition coefficient (Wildman–Crippen LogP) is 24.3. The van der Waals surface area contributed by atoms with Gasteiger partial charge in [-0.05, 0) is 380 Å². The number of hydrogen-bond acceptors (Lipinski definition) is 22. The maximum absolute atomic E-state index is 13.9. The molecular formula is C118H172O22. The minimum absolute atomic E-state index is 0. The molecular weight excluding hydrogens is 1770 g/mol. The number of esters is 10. The molecule has 22 heteroatoms. The van der Waals surface area contributed by atoms with Crippen LogP contribution < -0.4 is 0 Å². The van der Waals surface area contributed by atoms with Gasteiger partial charge in [-0.2, -0.15) is 0 Å². The Labute approximate surface area is 835 Å². The quantitative estimate of drug-likeness (QED) is 0.0394. The molecule has 20 aliphatic rings. The topological polar surface area (TPSA) is 303 Å². The largest absolute Gasteiger partial charge is 0.463 e. The first-order valence-corrected chi connectivity index (χ1v) is 52.4. The number of carbonyl (C=O) groups is 10. The Bertz CT molecular complexity index is 5200. The molecule has 24 rings (SSSR count). The lowest BCUT2D eigenvalue weighted by atomic mass is 9.50. The molecule has 2 N–H and O–H groups in total. The third-order valence-electron chi connectivity index (χ3n) is 37.7. The summed E-state index contributed by atoms with van der Waals surface area (Å²) in [4.78, 5) is 130. The van der Waals surface area contributed by atoms with E-state index in [0.717, 1.165) is 99.0 Å². The van der Waals surface area contributed by atoms with Crippen LogP contribution in [0.5, 0.6) is 0 Å². The van der Waals surface area contributed by atoms with Crippen LogP contribution in [0.3, 0.4) is 0 Å². The van der Waals surface area contributed by atoms with Gasteiger partial charge in [-0.25, -0.2) is 9.59 Å². The van der Waals surface area contributed by atoms with E-state index in [4.69, 9.17) is 47.4 Å². The number of aliphatic hydroxyl groups is 2. The van der Waals surface area contributed by atoms with Crippen molar-refractivity contribution in [3.8, 4) is 0 Å². The number of benzene rings is 4. The van der Waals surface area contributed by atoms with Crippen molar-refractivity contribution in [3.05, 3.63) is 95.1 Å². The Morgan fingerprint density at radius 1 is 0.336 bits per heavy atom. The molecule has 0 amide bonds. The highest BCUT2D eigenvalue weighted by atomic mass is 16.6. The van der Waals surface area contributed by atoms with Crippen molar-refractivity contribution >= 4 is 81.2 Å². The molecule has 140 heavy (non-hydrogen) atoms. The Hall–Kier alpha value is -7.98. The molecule has 12 atom stereocenters. The fraction of sp³-hybridized carbons (Fsp3) is 0.746. The minimum atomic E-state index is -1.02. The van der Waals surface area contributed by atoms with Gasteiger partial charge in [0.25, 0.3) is 0 Å². The van der Waals surface area contributed by atoms with Gasteiger partial charge in [-0.3, -0.25) is 38.4 Å². The Balaban J connectivity index is 0.000000157. The summed E-state index contributed by atoms with van der Waals surface area (Å²) in [5.74, 6) is 3.71. The van der Waals surface area contributed by atoms with Crippen molar-refractivity contribution in [3.63, 3.8) is 0 Å². The first-order valence-electron chi connectivity index (χ1n) is 52.4. The number of hydrogen-bond donors (Lipinski definition) is 2. The third-order valence-corrected chi connectivity index (χ3v) is 37.7. The molecule has 22 nitrogen and oxygen atoms in total. The van der Waals surface area contributed by atoms with Crippen molar-refractivity contribution in [2.24, 2.45) is 114 Å². The van der Waals surface area contributed by atoms with Gasteiger partial charge in [-0.15, -0.1) is 0 Å². The molecule has 16 saturated carbocycles. The van der Waals surface area contributed by atoms with Crippen molar-refractivity contribution in [2.45, 2.75) is 431 Å². The summed E-state index contributed by atoms with van der Waals surface area (Å²) < 4.78 is 58.2. The average Bonchev–Trinajstić information content (AvgIpc) is 1.63. The van der Waals surface area contributed by atoms with Crippen LogP contribution in [0.4, 0.5) is 0 Å². The maximum Gasteiger partial charge on any atom is 0.347 e. The van der Waals surface area contributed by atoms with Crippen LogP contribution in [0.15, 0.2) is 72.8 Å². The first-order chi connectivity index (χ1) is 63.8. The molecule has 0 radical (unpaired) electrons. The molecule has 18 aliphatic carbocycles. The van der Waals surface area contributed by atoms with E-state index in [1.165, 1.54) is 96.9 Å². The summed E-state index contributed by atoms with van der Waals surface area (Å²) in [5, 5.41) is 26.9. The summed E-state index contributed by atoms with van der Waals surface area (Å²) in [5.41, 5.74) is -5.34. The SMILES string of the molecule is C.C.C.C.CCC(C)(CC(C)(C)C(=O)OC1(C)C2CC3CC(C2)CC1C3)C(=O)OC1(C)C2CC3CC(C2)CC1C3.CCC(C)(CC(C)(C)C(=O)OC12CC3CC(CC(O)(C3)C1)C2)C(=O)OC12CC3CC(CC(O)(C3)C1)C2.CCC(C)(CC(C)(C)C(=O)OC1CCOC1=O)C(=O)OC1CCOC1=O.CCC(C)(CC(C)(C)C(=O)OC1Cc2cccc3cccc1c23)C(=O)OC1Cc2cccc3cccc1c23. The molecule has 18 fully saturated rings. The number of carbonyl (C=O) groups excluding carboxylic acids is 10. The van der Waals surface area contributed by atoms with Crippen LogP contribution in [0.25, 0.3) is 21.5 Å². The molecule has 16 bridgehead atoms. The van der Waals surface area contributed by atoms with Gasteiger partial charge in [0.1, 0.15) is 34.6 Å². The van der Waals surface area contributed by atoms with Gasteiger partial charge in [0.2, 0.25) is 12.2 Å². The average molecular weight is 1940 g/mol. The highest BCUT2D eigenvalue weighted by Gasteiger charge is 2.65. The molecule has 0 spiro atoms. The highest BCUT2D eigenvalue weighted by Crippen LogP contribution is 2.65. The number of cyclic esters (lactones) is 2. The summed E-state index contributed by atoms with van der Waals surface area (Å²) in [6.07, 6.45) is 25.9. The van der Waals surface area contributed by atoms with Crippen molar-refractivity contribution < 1.29 is 106 Å². The standard InChI is InChI=1S/C34H34O4.C32H50O4.C30H46O6.C18H26O8.4CH4/c1-5-34(4,32(36)38-28-19-24-15-7-11-22-13-9-17-26(28)30(22)24)20-33(2,3)31(35)37-27-18-23-14-6-10-21-12-8-16-25(27)29(21)23;1-7-30(4,28(34)36-32(6)25-14-21-9-22(16-25)17-26(32)15-21)18-29(2,3)27(33)35-31(5)23-10-19-8-20(12-23)13-24(31)11-19;1-5-26(4,24(32)36-30-14-21-7-22(15-30)11-28(34,10-21)18-30)16-25(2,3)23(31)35-29-12-19-6-20(13-29)9-27(33,8-19)17-29;1-5-18(4,16(22)26-12-7-9-24-14(12)20)10-17(2,3)15(21)25-11-6-8-23-13(11)19;;;;/h6-17,27-28H,5,18-20H2,1-4H3;19-26H,7-18H2,1-6H3;19-22,33-34H,5-18H2,1-4H3;11-12H,5-10H2,1-4H3;4*1H4. The van der Waals surface area contributed by atoms with Gasteiger partial charge >= 0.3 is 59.7 Å². The Morgan fingerprint density at radius 3 is 0.914 bits per heavy atom. The van der Waals surface area contributed by atoms with Crippen LogP contribution in [0.2, 0.25) is 0 Å². The van der Waals surface area contributed by atoms with E-state index in [2.05, 4.69) is 81.4 Å². The van der Waals surface area contributed by atoms with Gasteiger partial charge in [0.15, 0.2) is 0 Å². The van der Waals surface area contributed by atoms with E-state index in [1.54, 1.807) is 20.8 Å². The molecule has 2 heterocycles. The van der Waals surface area contributed by atoms with Gasteiger partial charge < -0.3 is 57.6 Å². The molecule has 0 aromatic heterocycles. The molecule has 12 unspecified atom stereocenters. The smallest absolute Gasteiger partial charge is 0.347 e. The second kappa shape index (κ2) is 39.8. The van der Waals surface area contributed by atoms with E-state index in [1.807, 2.05) is 95.2 Å². The number of ether oxygens (including phenoxy) is 10. The third kappa shape index (κ3) is 21.1. The van der Waals surface area contributed by atoms with Crippen molar-refractivity contribution in [1.29, 1.82) is 0 Å². The van der Waals surface area contributed by atoms with E-state index < -0.39 is 102 Å². The second-order valence-corrected chi connectivity index (χ2v) is 50.8. The van der Waals surface area contributed by atoms with Crippen molar-refractivity contribution in [1.82, 2.24) is 0 Å². The van der Waals surface area contributed by atoms with Crippen LogP contribution >= 0.6 is 0 Å². The summed E-state index contributed by atoms with van der Waals surface area (Å²) >= 11 is 0. The first kappa shape index (κ1) is 109. The van der Waals surface area contributed by atoms with E-state index in [9.17, 15) is 58.2 Å². The molecule has 776 valence electrons. The van der Waals surface area contributed by atoms with Crippen LogP contribution in [-0.2, 0) is 108 Å². The van der Waals surface area contributed by atoms with Crippen molar-refractivity contribution in [2.75, 3.05) is 13.2 Å². The number of rotatable bonds is 28. The lowest BCUT2D eigenvalue weighted by molar-refractivity contribution is -0.230. The lowest BCUT2D eigenvalue weighted by Crippen LogP contribution is -2.61. The lowest BCUT2D eigenvalue weighted by Gasteiger charge is -2.59. The maximum atomic E-state index is 13.9. The predicted molar refractivity (Wildman–Crippen MR) is 538 cm³/mol. The Kier molecular flexibility index (Phi) is 31.0. The molecule has 2 aliphatic heterocycles. The summed E-state index contributed by atoms with van der Waals surface area (Å²) in [7, 11) is 0. The van der Waals surface area contributed by atoms with E-state index in [0.29, 0.717) is 131 Å². The van der Waals surface area contributed by atoms with Crippen LogP contribution in [0.1, 0.15) is 394 Å². The Morgan fingerprint density at radius 2 is 0.600 bits per heavy atom. The zero-order valence-corrected chi connectivity index (χ0v) is 84.7. The van der Waals surface area contributed by atoms with Gasteiger partial charge in [0, 0.05) is 49.7 Å².